The van der Waals surface area contributed by atoms with Crippen LogP contribution < -0.4 is 11.2 Å². The van der Waals surface area contributed by atoms with Crippen molar-refractivity contribution in [1.82, 2.24) is 15.3 Å². The maximum atomic E-state index is 12.1. The smallest absolute Gasteiger partial charge is 0.290 e. The Balaban J connectivity index is 0.00000122. The number of nitrogens with zero attached hydrogens (tertiary/aromatic N) is 2. The molecule has 5 N–H and O–H groups in total. The standard InChI is InChI=1S/C20H22N4O5S.CH2O2/c1-19(18(25)23-26,30(2,27)28)9-10-24-12-16-11-15(6-7-17(16)22-24)5-3-4-8-20(21)13-29-14-20;2-1-3/h6-7,11-12,26H,9-10,13-14,21H2,1-2H3,(H,23,25);1H,(H,2,3). The maximum Gasteiger partial charge on any atom is 0.290 e. The van der Waals surface area contributed by atoms with Crippen LogP contribution in [0.15, 0.2) is 24.4 Å². The van der Waals surface area contributed by atoms with Gasteiger partial charge < -0.3 is 15.6 Å². The molecule has 0 aliphatic carbocycles. The van der Waals surface area contributed by atoms with Crippen molar-refractivity contribution in [2.24, 2.45) is 5.73 Å². The van der Waals surface area contributed by atoms with Crippen molar-refractivity contribution in [3.05, 3.63) is 30.0 Å². The molecule has 176 valence electrons. The number of nitrogens with two attached hydrogens (primary N) is 1. The monoisotopic (exact) mass is 476 g/mol. The Morgan fingerprint density at radius 2 is 2.09 bits per heavy atom. The number of carbonyl (C=O) groups excluding carboxylic acids is 1. The van der Waals surface area contributed by atoms with Crippen LogP contribution in [0.25, 0.3) is 10.9 Å². The number of aryl methyl sites for hydroxylation is 1. The van der Waals surface area contributed by atoms with Gasteiger partial charge in [0.2, 0.25) is 0 Å². The Bertz CT molecular complexity index is 1260. The lowest BCUT2D eigenvalue weighted by atomic mass is 10.0. The Hall–Kier alpha value is -3.42. The van der Waals surface area contributed by atoms with Crippen LogP contribution in [0.3, 0.4) is 0 Å². The van der Waals surface area contributed by atoms with E-state index < -0.39 is 26.0 Å². The van der Waals surface area contributed by atoms with Gasteiger partial charge in [0.15, 0.2) is 14.6 Å². The van der Waals surface area contributed by atoms with Crippen molar-refractivity contribution >= 4 is 33.1 Å². The highest BCUT2D eigenvalue weighted by Gasteiger charge is 2.43. The third-order valence-electron chi connectivity index (χ3n) is 5.07. The summed E-state index contributed by atoms with van der Waals surface area (Å²) in [4.78, 5) is 20.3. The molecule has 2 aromatic rings. The molecule has 0 bridgehead atoms. The molecule has 1 saturated heterocycles. The maximum absolute atomic E-state index is 12.1. The van der Waals surface area contributed by atoms with Crippen molar-refractivity contribution in [1.29, 1.82) is 0 Å². The normalized spacial score (nSPS) is 15.8. The number of rotatable bonds is 5. The lowest BCUT2D eigenvalue weighted by molar-refractivity contribution is -0.131. The molecule has 0 saturated carbocycles. The fraction of sp³-hybridized carbons (Fsp3) is 0.381. The number of amides is 1. The average molecular weight is 477 g/mol. The lowest BCUT2D eigenvalue weighted by Gasteiger charge is -2.32. The van der Waals surface area contributed by atoms with E-state index in [1.807, 2.05) is 6.07 Å². The molecule has 1 atom stereocenters. The van der Waals surface area contributed by atoms with Crippen LogP contribution in [0.4, 0.5) is 0 Å². The van der Waals surface area contributed by atoms with Gasteiger partial charge in [-0.2, -0.15) is 5.10 Å². The summed E-state index contributed by atoms with van der Waals surface area (Å²) in [6.07, 6.45) is 2.64. The third kappa shape index (κ3) is 6.31. The Morgan fingerprint density at radius 1 is 1.42 bits per heavy atom. The summed E-state index contributed by atoms with van der Waals surface area (Å²) < 4.78 is 28.9. The average Bonchev–Trinajstić information content (AvgIpc) is 3.15. The summed E-state index contributed by atoms with van der Waals surface area (Å²) in [5, 5.41) is 21.0. The molecule has 1 aliphatic rings. The van der Waals surface area contributed by atoms with E-state index in [-0.39, 0.29) is 19.4 Å². The second-order valence-electron chi connectivity index (χ2n) is 7.61. The van der Waals surface area contributed by atoms with E-state index in [0.29, 0.717) is 18.7 Å². The summed E-state index contributed by atoms with van der Waals surface area (Å²) in [7, 11) is -3.77. The molecule has 1 aliphatic heterocycles. The number of hydrogen-bond donors (Lipinski definition) is 4. The number of fused-ring (bicyclic) bond motifs is 1. The number of aromatic nitrogens is 2. The van der Waals surface area contributed by atoms with E-state index in [1.54, 1.807) is 23.0 Å². The van der Waals surface area contributed by atoms with Crippen molar-refractivity contribution < 1.29 is 33.1 Å². The van der Waals surface area contributed by atoms with Gasteiger partial charge in [-0.3, -0.25) is 19.5 Å². The molecule has 1 unspecified atom stereocenters. The van der Waals surface area contributed by atoms with Gasteiger partial charge in [0, 0.05) is 29.9 Å². The highest BCUT2D eigenvalue weighted by molar-refractivity contribution is 7.92. The molecule has 11 nitrogen and oxygen atoms in total. The fourth-order valence-electron chi connectivity index (χ4n) is 2.84. The minimum atomic E-state index is -3.77. The second kappa shape index (κ2) is 10.5. The molecule has 2 heterocycles. The first kappa shape index (κ1) is 25.8. The molecular formula is C21H24N4O7S. The van der Waals surface area contributed by atoms with Crippen LogP contribution in [-0.4, -0.2) is 70.6 Å². The first-order chi connectivity index (χ1) is 15.5. The highest BCUT2D eigenvalue weighted by Crippen LogP contribution is 2.23. The number of hydrogen-bond acceptors (Lipinski definition) is 8. The van der Waals surface area contributed by atoms with Crippen LogP contribution in [0.1, 0.15) is 18.9 Å². The molecule has 33 heavy (non-hydrogen) atoms. The molecular weight excluding hydrogens is 452 g/mol. The number of hydroxylamine groups is 1. The van der Waals surface area contributed by atoms with E-state index in [0.717, 1.165) is 17.2 Å². The minimum absolute atomic E-state index is 0.0565. The van der Waals surface area contributed by atoms with Crippen molar-refractivity contribution in [2.45, 2.75) is 30.2 Å². The predicted octanol–water partition coefficient (Wildman–Crippen LogP) is -0.481. The zero-order chi connectivity index (χ0) is 24.7. The van der Waals surface area contributed by atoms with E-state index in [2.05, 4.69) is 28.8 Å². The quantitative estimate of drug-likeness (QED) is 0.192. The van der Waals surface area contributed by atoms with E-state index >= 15 is 0 Å². The largest absolute Gasteiger partial charge is 0.483 e. The van der Waals surface area contributed by atoms with Gasteiger partial charge >= 0.3 is 0 Å². The molecule has 1 aromatic heterocycles. The van der Waals surface area contributed by atoms with Gasteiger partial charge in [-0.1, -0.05) is 11.8 Å². The van der Waals surface area contributed by atoms with Gasteiger partial charge in [0.25, 0.3) is 12.4 Å². The second-order valence-corrected chi connectivity index (χ2v) is 10.1. The molecule has 1 fully saturated rings. The Labute approximate surface area is 190 Å². The Kier molecular flexibility index (Phi) is 8.19. The number of carbonyl (C=O) groups is 2. The zero-order valence-corrected chi connectivity index (χ0v) is 18.8. The topological polar surface area (TPSA) is 174 Å². The van der Waals surface area contributed by atoms with Crippen molar-refractivity contribution in [3.63, 3.8) is 0 Å². The summed E-state index contributed by atoms with van der Waals surface area (Å²) in [6, 6.07) is 5.44. The Morgan fingerprint density at radius 3 is 2.64 bits per heavy atom. The van der Waals surface area contributed by atoms with Crippen LogP contribution >= 0.6 is 0 Å². The van der Waals surface area contributed by atoms with Gasteiger partial charge in [-0.05, 0) is 43.4 Å². The molecule has 1 aromatic carbocycles. The van der Waals surface area contributed by atoms with E-state index in [9.17, 15) is 13.2 Å². The van der Waals surface area contributed by atoms with Crippen LogP contribution in [0.5, 0.6) is 0 Å². The number of benzene rings is 1. The first-order valence-corrected chi connectivity index (χ1v) is 11.5. The van der Waals surface area contributed by atoms with E-state index in [4.69, 9.17) is 25.6 Å². The van der Waals surface area contributed by atoms with Gasteiger partial charge in [-0.25, -0.2) is 13.9 Å². The summed E-state index contributed by atoms with van der Waals surface area (Å²) in [5.74, 6) is 10.4. The van der Waals surface area contributed by atoms with Crippen molar-refractivity contribution in [3.8, 4) is 23.7 Å². The van der Waals surface area contributed by atoms with Crippen molar-refractivity contribution in [2.75, 3.05) is 19.5 Å². The number of carboxylic acid groups (broad SMARTS) is 1. The molecule has 0 radical (unpaired) electrons. The van der Waals surface area contributed by atoms with E-state index in [1.165, 1.54) is 12.4 Å². The molecule has 1 amide bonds. The van der Waals surface area contributed by atoms with Gasteiger partial charge in [0.05, 0.1) is 18.7 Å². The molecule has 3 rings (SSSR count). The zero-order valence-electron chi connectivity index (χ0n) is 18.0. The minimum Gasteiger partial charge on any atom is -0.483 e. The first-order valence-electron chi connectivity index (χ1n) is 9.57. The van der Waals surface area contributed by atoms with Crippen LogP contribution in [0.2, 0.25) is 0 Å². The highest BCUT2D eigenvalue weighted by atomic mass is 32.2. The van der Waals surface area contributed by atoms with Gasteiger partial charge in [0.1, 0.15) is 5.54 Å². The SMILES string of the molecule is CC(CCn1cc2cc(C#CC#CC3(N)COC3)ccc2n1)(C(=O)NO)S(C)(=O)=O.O=CO. The number of sulfone groups is 1. The molecule has 0 spiro atoms. The lowest BCUT2D eigenvalue weighted by Crippen LogP contribution is -2.56. The van der Waals surface area contributed by atoms with Gasteiger partial charge in [-0.15, -0.1) is 0 Å². The number of nitrogens with one attached hydrogen (secondary N) is 1. The summed E-state index contributed by atoms with van der Waals surface area (Å²) in [5.41, 5.74) is 8.19. The summed E-state index contributed by atoms with van der Waals surface area (Å²) >= 11 is 0. The summed E-state index contributed by atoms with van der Waals surface area (Å²) in [6.45, 7) is 2.00. The van der Waals surface area contributed by atoms with Crippen LogP contribution in [0, 0.1) is 23.7 Å². The number of ether oxygens (including phenoxy) is 1. The molecule has 12 heteroatoms. The third-order valence-corrected chi connectivity index (χ3v) is 7.10. The van der Waals surface area contributed by atoms with Crippen LogP contribution in [-0.2, 0) is 30.7 Å². The fourth-order valence-corrected chi connectivity index (χ4v) is 3.68. The predicted molar refractivity (Wildman–Crippen MR) is 119 cm³/mol.